The van der Waals surface area contributed by atoms with Crippen molar-refractivity contribution in [3.63, 3.8) is 0 Å². The maximum absolute atomic E-state index is 2.44. The van der Waals surface area contributed by atoms with Gasteiger partial charge in [-0.15, -0.1) is 0 Å². The maximum atomic E-state index is 2.44. The molecule has 18 heavy (non-hydrogen) atoms. The third-order valence-corrected chi connectivity index (χ3v) is 4.03. The minimum absolute atomic E-state index is 0.642. The third kappa shape index (κ3) is 1.95. The van der Waals surface area contributed by atoms with Gasteiger partial charge in [0, 0.05) is 12.6 Å². The Labute approximate surface area is 109 Å². The van der Waals surface area contributed by atoms with Gasteiger partial charge in [0.15, 0.2) is 0 Å². The first-order chi connectivity index (χ1) is 8.75. The van der Waals surface area contributed by atoms with Crippen LogP contribution in [0.3, 0.4) is 0 Å². The minimum Gasteiger partial charge on any atom is -0.299 e. The largest absolute Gasteiger partial charge is 0.299 e. The van der Waals surface area contributed by atoms with Crippen LogP contribution in [-0.4, -0.2) is 18.0 Å². The molecule has 0 bridgehead atoms. The highest BCUT2D eigenvalue weighted by molar-refractivity contribution is 5.69. The lowest BCUT2D eigenvalue weighted by Gasteiger charge is -2.33. The lowest BCUT2D eigenvalue weighted by Crippen LogP contribution is -2.35. The highest BCUT2D eigenvalue weighted by Gasteiger charge is 2.21. The van der Waals surface area contributed by atoms with Crippen LogP contribution < -0.4 is 0 Å². The Hall–Kier alpha value is -1.60. The van der Waals surface area contributed by atoms with E-state index in [9.17, 15) is 0 Å². The Morgan fingerprint density at radius 3 is 2.56 bits per heavy atom. The van der Waals surface area contributed by atoms with Gasteiger partial charge in [0.05, 0.1) is 0 Å². The summed E-state index contributed by atoms with van der Waals surface area (Å²) in [5, 5.41) is 0. The molecule has 1 heterocycles. The van der Waals surface area contributed by atoms with Gasteiger partial charge < -0.3 is 0 Å². The molecule has 0 fully saturated rings. The van der Waals surface area contributed by atoms with Gasteiger partial charge in [0.2, 0.25) is 0 Å². The van der Waals surface area contributed by atoms with Gasteiger partial charge in [0.1, 0.15) is 0 Å². The van der Waals surface area contributed by atoms with Crippen LogP contribution in [0.5, 0.6) is 0 Å². The number of hydrogen-bond acceptors (Lipinski definition) is 1. The molecule has 1 nitrogen and oxygen atoms in total. The summed E-state index contributed by atoms with van der Waals surface area (Å²) < 4.78 is 0. The summed E-state index contributed by atoms with van der Waals surface area (Å²) in [6.45, 7) is 3.36. The summed E-state index contributed by atoms with van der Waals surface area (Å²) in [5.74, 6) is 0. The fraction of sp³-hybridized carbons (Fsp3) is 0.294. The molecule has 1 atom stereocenters. The zero-order valence-corrected chi connectivity index (χ0v) is 11.1. The fourth-order valence-corrected chi connectivity index (χ4v) is 2.78. The third-order valence-electron chi connectivity index (χ3n) is 4.03. The summed E-state index contributed by atoms with van der Waals surface area (Å²) in [6.07, 6.45) is 1.16. The molecule has 0 spiro atoms. The second-order valence-corrected chi connectivity index (χ2v) is 5.28. The second-order valence-electron chi connectivity index (χ2n) is 5.28. The first kappa shape index (κ1) is 11.5. The van der Waals surface area contributed by atoms with Crippen LogP contribution in [0.25, 0.3) is 11.1 Å². The van der Waals surface area contributed by atoms with E-state index >= 15 is 0 Å². The smallest absolute Gasteiger partial charge is 0.0242 e. The summed E-state index contributed by atoms with van der Waals surface area (Å²) in [7, 11) is 2.22. The molecular formula is C17H19N. The topological polar surface area (TPSA) is 3.24 Å². The van der Waals surface area contributed by atoms with E-state index in [1.807, 2.05) is 0 Å². The number of rotatable bonds is 1. The van der Waals surface area contributed by atoms with E-state index in [0.29, 0.717) is 6.04 Å². The highest BCUT2D eigenvalue weighted by Crippen LogP contribution is 2.31. The SMILES string of the molecule is C[C@@H]1Cc2cccc(-c3ccccc3)c2CN1C. The first-order valence-corrected chi connectivity index (χ1v) is 6.62. The maximum Gasteiger partial charge on any atom is 0.0242 e. The zero-order valence-electron chi connectivity index (χ0n) is 11.1. The van der Waals surface area contributed by atoms with Gasteiger partial charge in [-0.25, -0.2) is 0 Å². The Morgan fingerprint density at radius 2 is 1.78 bits per heavy atom. The van der Waals surface area contributed by atoms with Crippen LogP contribution in [0, 0.1) is 0 Å². The van der Waals surface area contributed by atoms with E-state index in [1.54, 1.807) is 0 Å². The first-order valence-electron chi connectivity index (χ1n) is 6.62. The van der Waals surface area contributed by atoms with Crippen molar-refractivity contribution >= 4 is 0 Å². The molecule has 92 valence electrons. The van der Waals surface area contributed by atoms with Crippen LogP contribution in [-0.2, 0) is 13.0 Å². The van der Waals surface area contributed by atoms with Crippen molar-refractivity contribution in [2.24, 2.45) is 0 Å². The van der Waals surface area contributed by atoms with Crippen LogP contribution in [0.1, 0.15) is 18.1 Å². The van der Waals surface area contributed by atoms with Gasteiger partial charge in [-0.3, -0.25) is 4.90 Å². The predicted octanol–water partition coefficient (Wildman–Crippen LogP) is 3.73. The van der Waals surface area contributed by atoms with Crippen molar-refractivity contribution in [1.82, 2.24) is 4.90 Å². The number of nitrogens with zero attached hydrogens (tertiary/aromatic N) is 1. The van der Waals surface area contributed by atoms with Crippen molar-refractivity contribution in [3.05, 3.63) is 59.7 Å². The molecule has 1 aliphatic rings. The average molecular weight is 237 g/mol. The molecule has 0 radical (unpaired) electrons. The average Bonchev–Trinajstić information content (AvgIpc) is 2.40. The molecular weight excluding hydrogens is 218 g/mol. The molecule has 0 N–H and O–H groups in total. The van der Waals surface area contributed by atoms with E-state index in [4.69, 9.17) is 0 Å². The normalized spacial score (nSPS) is 19.6. The van der Waals surface area contributed by atoms with Crippen LogP contribution >= 0.6 is 0 Å². The van der Waals surface area contributed by atoms with Crippen molar-refractivity contribution in [2.45, 2.75) is 25.9 Å². The van der Waals surface area contributed by atoms with Gasteiger partial charge in [-0.1, -0.05) is 48.5 Å². The summed E-state index contributed by atoms with van der Waals surface area (Å²) in [6, 6.07) is 18.1. The van der Waals surface area contributed by atoms with E-state index in [1.165, 1.54) is 22.3 Å². The quantitative estimate of drug-likeness (QED) is 0.730. The van der Waals surface area contributed by atoms with Gasteiger partial charge in [-0.05, 0) is 42.6 Å². The van der Waals surface area contributed by atoms with Crippen molar-refractivity contribution in [3.8, 4) is 11.1 Å². The Balaban J connectivity index is 2.10. The molecule has 0 amide bonds. The van der Waals surface area contributed by atoms with E-state index in [-0.39, 0.29) is 0 Å². The highest BCUT2D eigenvalue weighted by atomic mass is 15.1. The number of benzene rings is 2. The molecule has 0 aliphatic carbocycles. The van der Waals surface area contributed by atoms with Crippen molar-refractivity contribution in [2.75, 3.05) is 7.05 Å². The summed E-state index contributed by atoms with van der Waals surface area (Å²) in [5.41, 5.74) is 5.75. The molecule has 0 saturated heterocycles. The Morgan fingerprint density at radius 1 is 1.00 bits per heavy atom. The second kappa shape index (κ2) is 4.58. The fourth-order valence-electron chi connectivity index (χ4n) is 2.78. The molecule has 1 heteroatoms. The standard InChI is InChI=1S/C17H19N/c1-13-11-15-9-6-10-16(17(15)12-18(13)2)14-7-4-3-5-8-14/h3-10,13H,11-12H2,1-2H3/t13-/m1/s1. The van der Waals surface area contributed by atoms with Crippen molar-refractivity contribution in [1.29, 1.82) is 0 Å². The minimum atomic E-state index is 0.642. The zero-order chi connectivity index (χ0) is 12.5. The van der Waals surface area contributed by atoms with Gasteiger partial charge in [-0.2, -0.15) is 0 Å². The van der Waals surface area contributed by atoms with E-state index in [0.717, 1.165) is 13.0 Å². The molecule has 3 rings (SSSR count). The van der Waals surface area contributed by atoms with Crippen LogP contribution in [0.2, 0.25) is 0 Å². The number of fused-ring (bicyclic) bond motifs is 1. The molecule has 0 saturated carbocycles. The van der Waals surface area contributed by atoms with Gasteiger partial charge in [0.25, 0.3) is 0 Å². The van der Waals surface area contributed by atoms with E-state index < -0.39 is 0 Å². The van der Waals surface area contributed by atoms with E-state index in [2.05, 4.69) is 67.4 Å². The summed E-state index contributed by atoms with van der Waals surface area (Å²) in [4.78, 5) is 2.44. The lowest BCUT2D eigenvalue weighted by molar-refractivity contribution is 0.231. The Kier molecular flexibility index (Phi) is 2.92. The molecule has 2 aromatic carbocycles. The predicted molar refractivity (Wildman–Crippen MR) is 76.5 cm³/mol. The van der Waals surface area contributed by atoms with Crippen LogP contribution in [0.15, 0.2) is 48.5 Å². The molecule has 0 unspecified atom stereocenters. The number of likely N-dealkylation sites (N-methyl/N-ethyl adjacent to an activating group) is 1. The van der Waals surface area contributed by atoms with Crippen LogP contribution in [0.4, 0.5) is 0 Å². The number of hydrogen-bond donors (Lipinski definition) is 0. The summed E-state index contributed by atoms with van der Waals surface area (Å²) >= 11 is 0. The molecule has 2 aromatic rings. The monoisotopic (exact) mass is 237 g/mol. The lowest BCUT2D eigenvalue weighted by atomic mass is 9.89. The molecule has 1 aliphatic heterocycles. The van der Waals surface area contributed by atoms with Crippen molar-refractivity contribution < 1.29 is 0 Å². The molecule has 0 aromatic heterocycles. The van der Waals surface area contributed by atoms with Gasteiger partial charge >= 0.3 is 0 Å². The Bertz CT molecular complexity index is 545.